The minimum absolute atomic E-state index is 0.123. The zero-order chi connectivity index (χ0) is 25.5. The summed E-state index contributed by atoms with van der Waals surface area (Å²) in [5.74, 6) is 0.856. The molecule has 1 aliphatic carbocycles. The summed E-state index contributed by atoms with van der Waals surface area (Å²) in [6.07, 6.45) is 3.84. The molecule has 0 radical (unpaired) electrons. The molecule has 2 aliphatic heterocycles. The fraction of sp³-hybridized carbons (Fsp3) is 0.536. The van der Waals surface area contributed by atoms with Crippen molar-refractivity contribution in [1.29, 1.82) is 0 Å². The number of benzene rings is 1. The van der Waals surface area contributed by atoms with Crippen molar-refractivity contribution in [2.45, 2.75) is 71.3 Å². The lowest BCUT2D eigenvalue weighted by Gasteiger charge is -2.57. The van der Waals surface area contributed by atoms with Crippen molar-refractivity contribution in [3.8, 4) is 5.75 Å². The Morgan fingerprint density at radius 2 is 1.81 bits per heavy atom. The number of nitrogens with zero attached hydrogens (tertiary/aromatic N) is 3. The molecule has 8 nitrogen and oxygen atoms in total. The van der Waals surface area contributed by atoms with Crippen LogP contribution in [0.5, 0.6) is 5.75 Å². The number of pyridine rings is 1. The summed E-state index contributed by atoms with van der Waals surface area (Å²) in [4.78, 5) is 33.1. The lowest BCUT2D eigenvalue weighted by Crippen LogP contribution is -2.65. The van der Waals surface area contributed by atoms with E-state index in [1.54, 1.807) is 16.0 Å². The van der Waals surface area contributed by atoms with Gasteiger partial charge in [0.15, 0.2) is 0 Å². The van der Waals surface area contributed by atoms with Crippen molar-refractivity contribution in [3.63, 3.8) is 0 Å². The van der Waals surface area contributed by atoms with Crippen LogP contribution in [0.1, 0.15) is 63.4 Å². The molecule has 0 bridgehead atoms. The summed E-state index contributed by atoms with van der Waals surface area (Å²) in [6, 6.07) is 11.5. The number of carbonyl (C=O) groups excluding carboxylic acids is 2. The minimum Gasteiger partial charge on any atom is -0.490 e. The van der Waals surface area contributed by atoms with E-state index in [9.17, 15) is 9.59 Å². The van der Waals surface area contributed by atoms with E-state index in [2.05, 4.69) is 4.98 Å². The second-order valence-corrected chi connectivity index (χ2v) is 11.3. The summed E-state index contributed by atoms with van der Waals surface area (Å²) in [5, 5.41) is 0. The number of aromatic nitrogens is 1. The lowest BCUT2D eigenvalue weighted by atomic mass is 9.62. The van der Waals surface area contributed by atoms with Crippen molar-refractivity contribution in [2.75, 3.05) is 19.6 Å². The van der Waals surface area contributed by atoms with Crippen LogP contribution in [0.2, 0.25) is 0 Å². The Kier molecular flexibility index (Phi) is 6.30. The number of likely N-dealkylation sites (tertiary alicyclic amines) is 1. The molecule has 1 spiro atoms. The molecule has 8 heteroatoms. The number of fused-ring (bicyclic) bond motifs is 1. The van der Waals surface area contributed by atoms with Gasteiger partial charge in [-0.3, -0.25) is 9.88 Å². The van der Waals surface area contributed by atoms with Gasteiger partial charge in [0.25, 0.3) is 0 Å². The van der Waals surface area contributed by atoms with Crippen molar-refractivity contribution < 1.29 is 23.8 Å². The van der Waals surface area contributed by atoms with Crippen LogP contribution in [0.4, 0.5) is 9.59 Å². The van der Waals surface area contributed by atoms with Crippen LogP contribution in [-0.4, -0.2) is 58.3 Å². The van der Waals surface area contributed by atoms with Gasteiger partial charge in [-0.1, -0.05) is 30.3 Å². The highest BCUT2D eigenvalue weighted by atomic mass is 16.6. The molecule has 2 aromatic rings. The fourth-order valence-electron chi connectivity index (χ4n) is 5.49. The highest BCUT2D eigenvalue weighted by molar-refractivity contribution is 5.70. The summed E-state index contributed by atoms with van der Waals surface area (Å²) < 4.78 is 17.4. The van der Waals surface area contributed by atoms with E-state index in [-0.39, 0.29) is 29.7 Å². The molecule has 1 aromatic carbocycles. The summed E-state index contributed by atoms with van der Waals surface area (Å²) in [7, 11) is 0. The first-order chi connectivity index (χ1) is 17.1. The van der Waals surface area contributed by atoms with Crippen molar-refractivity contribution in [1.82, 2.24) is 14.8 Å². The Labute approximate surface area is 212 Å². The van der Waals surface area contributed by atoms with E-state index in [1.165, 1.54) is 0 Å². The third-order valence-corrected chi connectivity index (χ3v) is 7.27. The summed E-state index contributed by atoms with van der Waals surface area (Å²) >= 11 is 0. The van der Waals surface area contributed by atoms with Crippen molar-refractivity contribution in [3.05, 3.63) is 59.4 Å². The molecule has 5 rings (SSSR count). The quantitative estimate of drug-likeness (QED) is 0.588. The summed E-state index contributed by atoms with van der Waals surface area (Å²) in [6.45, 7) is 9.91. The third-order valence-electron chi connectivity index (χ3n) is 7.27. The Morgan fingerprint density at radius 3 is 2.50 bits per heavy atom. The van der Waals surface area contributed by atoms with E-state index in [0.717, 1.165) is 48.5 Å². The molecular weight excluding hydrogens is 458 g/mol. The maximum atomic E-state index is 12.7. The molecule has 1 atom stereocenters. The second-order valence-electron chi connectivity index (χ2n) is 11.3. The Morgan fingerprint density at radius 1 is 1.08 bits per heavy atom. The van der Waals surface area contributed by atoms with Gasteiger partial charge < -0.3 is 19.1 Å². The average Bonchev–Trinajstić information content (AvgIpc) is 2.78. The van der Waals surface area contributed by atoms with Crippen LogP contribution in [-0.2, 0) is 22.5 Å². The van der Waals surface area contributed by atoms with Crippen LogP contribution in [0.3, 0.4) is 0 Å². The predicted octanol–water partition coefficient (Wildman–Crippen LogP) is 5.12. The SMILES string of the molecule is CC1c2nccc(OC3CC4(C3)CN(C(=O)OCc3ccccc3)C4)c2CCN1C(=O)OC(C)(C)C. The first-order valence-electron chi connectivity index (χ1n) is 12.7. The highest BCUT2D eigenvalue weighted by Crippen LogP contribution is 2.50. The van der Waals surface area contributed by atoms with Crippen LogP contribution in [0.25, 0.3) is 0 Å². The van der Waals surface area contributed by atoms with Gasteiger partial charge in [0, 0.05) is 36.8 Å². The highest BCUT2D eigenvalue weighted by Gasteiger charge is 2.55. The largest absolute Gasteiger partial charge is 0.490 e. The molecule has 2 amide bonds. The van der Waals surface area contributed by atoms with Crippen LogP contribution in [0.15, 0.2) is 42.6 Å². The Bertz CT molecular complexity index is 1120. The Hall–Kier alpha value is -3.29. The maximum Gasteiger partial charge on any atom is 0.410 e. The molecule has 36 heavy (non-hydrogen) atoms. The van der Waals surface area contributed by atoms with Crippen LogP contribution in [0, 0.1) is 5.41 Å². The van der Waals surface area contributed by atoms with E-state index in [4.69, 9.17) is 14.2 Å². The molecule has 1 saturated carbocycles. The van der Waals surface area contributed by atoms with Gasteiger partial charge in [0.05, 0.1) is 11.7 Å². The zero-order valence-electron chi connectivity index (χ0n) is 21.5. The number of carbonyl (C=O) groups is 2. The molecule has 1 saturated heterocycles. The molecule has 0 N–H and O–H groups in total. The predicted molar refractivity (Wildman–Crippen MR) is 134 cm³/mol. The van der Waals surface area contributed by atoms with Crippen LogP contribution < -0.4 is 4.74 Å². The minimum atomic E-state index is -0.536. The normalized spacial score (nSPS) is 20.7. The molecule has 3 aliphatic rings. The Balaban J connectivity index is 1.12. The van der Waals surface area contributed by atoms with Crippen molar-refractivity contribution >= 4 is 12.2 Å². The van der Waals surface area contributed by atoms with Crippen LogP contribution >= 0.6 is 0 Å². The van der Waals surface area contributed by atoms with Gasteiger partial charge in [-0.2, -0.15) is 0 Å². The first kappa shape index (κ1) is 24.4. The van der Waals surface area contributed by atoms with Gasteiger partial charge in [0.2, 0.25) is 0 Å². The standard InChI is InChI=1S/C28H35N3O5/c1-19-24-22(11-13-31(19)26(33)36-27(2,3)4)23(10-12-29-24)35-21-14-28(15-21)17-30(18-28)25(32)34-16-20-8-6-5-7-9-20/h5-10,12,19,21H,11,13-18H2,1-4H3. The lowest BCUT2D eigenvalue weighted by molar-refractivity contribution is -0.110. The molecular formula is C28H35N3O5. The number of hydrogen-bond acceptors (Lipinski definition) is 6. The topological polar surface area (TPSA) is 81.2 Å². The van der Waals surface area contributed by atoms with E-state index >= 15 is 0 Å². The molecule has 3 heterocycles. The van der Waals surface area contributed by atoms with Gasteiger partial charge in [-0.25, -0.2) is 9.59 Å². The first-order valence-corrected chi connectivity index (χ1v) is 12.7. The van der Waals surface area contributed by atoms with Gasteiger partial charge in [0.1, 0.15) is 24.1 Å². The number of hydrogen-bond donors (Lipinski definition) is 0. The second kappa shape index (κ2) is 9.30. The van der Waals surface area contributed by atoms with Gasteiger partial charge in [-0.15, -0.1) is 0 Å². The van der Waals surface area contributed by atoms with Gasteiger partial charge in [-0.05, 0) is 58.6 Å². The van der Waals surface area contributed by atoms with E-state index in [0.29, 0.717) is 19.6 Å². The monoisotopic (exact) mass is 493 g/mol. The molecule has 192 valence electrons. The number of rotatable bonds is 4. The maximum absolute atomic E-state index is 12.7. The fourth-order valence-corrected chi connectivity index (χ4v) is 5.49. The number of amides is 2. The summed E-state index contributed by atoms with van der Waals surface area (Å²) in [5.41, 5.74) is 2.54. The van der Waals surface area contributed by atoms with Gasteiger partial charge >= 0.3 is 12.2 Å². The van der Waals surface area contributed by atoms with Crippen molar-refractivity contribution in [2.24, 2.45) is 5.41 Å². The number of ether oxygens (including phenoxy) is 3. The van der Waals surface area contributed by atoms with E-state index in [1.807, 2.05) is 64.1 Å². The van der Waals surface area contributed by atoms with E-state index < -0.39 is 5.60 Å². The smallest absolute Gasteiger partial charge is 0.410 e. The average molecular weight is 494 g/mol. The molecule has 1 aromatic heterocycles. The molecule has 2 fully saturated rings. The molecule has 1 unspecified atom stereocenters. The zero-order valence-corrected chi connectivity index (χ0v) is 21.5. The third kappa shape index (κ3) is 4.99.